The first-order chi connectivity index (χ1) is 16.2. The monoisotopic (exact) mass is 444 g/mol. The minimum atomic E-state index is -0.523. The number of nitrogens with one attached hydrogen (secondary N) is 1. The minimum Gasteiger partial charge on any atom is -0.494 e. The molecule has 4 aromatic rings. The summed E-state index contributed by atoms with van der Waals surface area (Å²) >= 11 is 0. The van der Waals surface area contributed by atoms with Gasteiger partial charge in [-0.25, -0.2) is 10.1 Å². The number of hydrogen-bond acceptors (Lipinski definition) is 9. The van der Waals surface area contributed by atoms with Crippen LogP contribution in [0.1, 0.15) is 35.0 Å². The van der Waals surface area contributed by atoms with Gasteiger partial charge in [-0.15, -0.1) is 5.10 Å². The molecule has 2 heterocycles. The van der Waals surface area contributed by atoms with Gasteiger partial charge in [-0.2, -0.15) is 9.78 Å². The van der Waals surface area contributed by atoms with E-state index in [2.05, 4.69) is 37.2 Å². The summed E-state index contributed by atoms with van der Waals surface area (Å²) < 4.78 is 11.6. The van der Waals surface area contributed by atoms with E-state index in [1.807, 2.05) is 31.2 Å². The zero-order valence-electron chi connectivity index (χ0n) is 17.7. The van der Waals surface area contributed by atoms with E-state index in [0.29, 0.717) is 23.6 Å². The highest BCUT2D eigenvalue weighted by Gasteiger charge is 2.26. The number of anilines is 1. The van der Waals surface area contributed by atoms with E-state index in [1.165, 1.54) is 10.2 Å². The van der Waals surface area contributed by atoms with E-state index in [9.17, 15) is 4.79 Å². The maximum atomic E-state index is 13.1. The Hall–Kier alpha value is -4.54. The second-order valence-electron chi connectivity index (χ2n) is 7.29. The molecule has 1 aliphatic carbocycles. The van der Waals surface area contributed by atoms with Gasteiger partial charge in [-0.1, -0.05) is 41.6 Å². The number of benzene rings is 2. The molecular formula is C22H20N8O3. The van der Waals surface area contributed by atoms with Crippen molar-refractivity contribution in [3.63, 3.8) is 0 Å². The van der Waals surface area contributed by atoms with Crippen LogP contribution in [0.2, 0.25) is 0 Å². The topological polar surface area (TPSA) is 146 Å². The molecule has 11 nitrogen and oxygen atoms in total. The largest absolute Gasteiger partial charge is 0.494 e. The van der Waals surface area contributed by atoms with Gasteiger partial charge < -0.3 is 10.5 Å². The van der Waals surface area contributed by atoms with Crippen molar-refractivity contribution in [1.29, 1.82) is 0 Å². The molecule has 1 amide bonds. The first kappa shape index (κ1) is 20.4. The fraction of sp³-hybridized carbons (Fsp3) is 0.182. The van der Waals surface area contributed by atoms with E-state index in [1.54, 1.807) is 18.2 Å². The number of aromatic nitrogens is 5. The summed E-state index contributed by atoms with van der Waals surface area (Å²) in [5.74, 6) is 0.236. The van der Waals surface area contributed by atoms with Crippen molar-refractivity contribution in [1.82, 2.24) is 30.7 Å². The predicted molar refractivity (Wildman–Crippen MR) is 119 cm³/mol. The van der Waals surface area contributed by atoms with Gasteiger partial charge in [0.25, 0.3) is 5.91 Å². The van der Waals surface area contributed by atoms with Crippen LogP contribution < -0.4 is 15.9 Å². The summed E-state index contributed by atoms with van der Waals surface area (Å²) in [6, 6.07) is 15.2. The average molecular weight is 444 g/mol. The van der Waals surface area contributed by atoms with Gasteiger partial charge in [-0.3, -0.25) is 4.79 Å². The van der Waals surface area contributed by atoms with Gasteiger partial charge >= 0.3 is 0 Å². The Bertz CT molecular complexity index is 1360. The molecule has 3 N–H and O–H groups in total. The molecule has 0 fully saturated rings. The third kappa shape index (κ3) is 3.80. The zero-order valence-corrected chi connectivity index (χ0v) is 17.7. The van der Waals surface area contributed by atoms with Crippen molar-refractivity contribution < 1.29 is 14.2 Å². The lowest BCUT2D eigenvalue weighted by molar-refractivity contribution is 0.0950. The Labute approximate surface area is 188 Å². The minimum absolute atomic E-state index is 0.0110. The van der Waals surface area contributed by atoms with E-state index < -0.39 is 5.91 Å². The van der Waals surface area contributed by atoms with Gasteiger partial charge in [0.1, 0.15) is 11.4 Å². The summed E-state index contributed by atoms with van der Waals surface area (Å²) in [6.45, 7) is 2.38. The van der Waals surface area contributed by atoms with Crippen LogP contribution in [0.3, 0.4) is 0 Å². The molecule has 11 heteroatoms. The van der Waals surface area contributed by atoms with Crippen LogP contribution in [0.5, 0.6) is 5.75 Å². The summed E-state index contributed by atoms with van der Waals surface area (Å²) in [4.78, 5) is 13.1. The van der Waals surface area contributed by atoms with Crippen molar-refractivity contribution in [2.24, 2.45) is 5.10 Å². The molecule has 0 radical (unpaired) electrons. The van der Waals surface area contributed by atoms with Gasteiger partial charge in [0, 0.05) is 11.1 Å². The number of nitrogens with zero attached hydrogens (tertiary/aromatic N) is 6. The molecule has 0 unspecified atom stereocenters. The Kier molecular flexibility index (Phi) is 5.27. The molecule has 2 aromatic carbocycles. The highest BCUT2D eigenvalue weighted by Crippen LogP contribution is 2.29. The number of fused-ring (bicyclic) bond motifs is 1. The fourth-order valence-corrected chi connectivity index (χ4v) is 3.77. The van der Waals surface area contributed by atoms with Gasteiger partial charge in [0.05, 0.1) is 12.3 Å². The molecule has 0 bridgehead atoms. The fourth-order valence-electron chi connectivity index (χ4n) is 3.77. The lowest BCUT2D eigenvalue weighted by atomic mass is 10.1. The molecular weight excluding hydrogens is 424 g/mol. The number of amides is 1. The van der Waals surface area contributed by atoms with Crippen molar-refractivity contribution in [2.75, 3.05) is 12.3 Å². The van der Waals surface area contributed by atoms with Crippen LogP contribution in [0.25, 0.3) is 17.1 Å². The third-order valence-corrected chi connectivity index (χ3v) is 5.25. The molecule has 0 spiro atoms. The van der Waals surface area contributed by atoms with Crippen LogP contribution in [-0.2, 0) is 6.42 Å². The molecule has 33 heavy (non-hydrogen) atoms. The number of carbonyl (C=O) groups is 1. The molecule has 2 aromatic heterocycles. The van der Waals surface area contributed by atoms with E-state index >= 15 is 0 Å². The van der Waals surface area contributed by atoms with Crippen molar-refractivity contribution in [2.45, 2.75) is 19.8 Å². The molecule has 0 saturated carbocycles. The molecule has 0 aliphatic heterocycles. The average Bonchev–Trinajstić information content (AvgIpc) is 3.56. The highest BCUT2D eigenvalue weighted by molar-refractivity contribution is 6.06. The Balaban J connectivity index is 1.53. The Morgan fingerprint density at radius 3 is 2.91 bits per heavy atom. The summed E-state index contributed by atoms with van der Waals surface area (Å²) in [5.41, 5.74) is 12.6. The molecule has 0 saturated heterocycles. The van der Waals surface area contributed by atoms with Crippen LogP contribution in [0.15, 0.2) is 58.3 Å². The number of carbonyl (C=O) groups excluding carboxylic acids is 1. The molecule has 0 atom stereocenters. The molecule has 1 aliphatic rings. The SMILES string of the molecule is CCOc1cccc(-c2c(C(=O)NN=C3CCc4ccccc43)nnn2-c2nonc2N)c1. The maximum Gasteiger partial charge on any atom is 0.294 e. The standard InChI is InChI=1S/C22H20N8O3/c1-2-32-15-8-5-7-14(12-15)19-18(25-29-30(19)21-20(23)27-33-28-21)22(31)26-24-17-11-10-13-6-3-4-9-16(13)17/h3-9,12H,2,10-11H2,1H3,(H2,23,27)(H,26,31). The summed E-state index contributed by atoms with van der Waals surface area (Å²) in [6.07, 6.45) is 1.63. The molecule has 5 rings (SSSR count). The quantitative estimate of drug-likeness (QED) is 0.431. The van der Waals surface area contributed by atoms with Crippen LogP contribution in [-0.4, -0.2) is 43.5 Å². The highest BCUT2D eigenvalue weighted by atomic mass is 16.6. The van der Waals surface area contributed by atoms with Gasteiger partial charge in [0.15, 0.2) is 5.69 Å². The maximum absolute atomic E-state index is 13.1. The summed E-state index contributed by atoms with van der Waals surface area (Å²) in [5, 5.41) is 19.9. The Morgan fingerprint density at radius 2 is 2.09 bits per heavy atom. The number of nitrogen functional groups attached to an aromatic ring is 1. The smallest absolute Gasteiger partial charge is 0.294 e. The molecule has 166 valence electrons. The van der Waals surface area contributed by atoms with Crippen molar-refractivity contribution in [3.05, 3.63) is 65.4 Å². The van der Waals surface area contributed by atoms with Crippen LogP contribution in [0, 0.1) is 0 Å². The predicted octanol–water partition coefficient (Wildman–Crippen LogP) is 2.38. The number of ether oxygens (including phenoxy) is 1. The number of rotatable bonds is 6. The number of hydrazone groups is 1. The normalized spacial score (nSPS) is 13.8. The number of nitrogens with two attached hydrogens (primary N) is 1. The summed E-state index contributed by atoms with van der Waals surface area (Å²) in [7, 11) is 0. The second-order valence-corrected chi connectivity index (χ2v) is 7.29. The second kappa shape index (κ2) is 8.54. The third-order valence-electron chi connectivity index (χ3n) is 5.25. The lowest BCUT2D eigenvalue weighted by Crippen LogP contribution is -2.21. The lowest BCUT2D eigenvalue weighted by Gasteiger charge is -2.08. The van der Waals surface area contributed by atoms with Crippen molar-refractivity contribution >= 4 is 17.4 Å². The van der Waals surface area contributed by atoms with E-state index in [0.717, 1.165) is 24.1 Å². The number of aryl methyl sites for hydroxylation is 1. The first-order valence-corrected chi connectivity index (χ1v) is 10.4. The van der Waals surface area contributed by atoms with E-state index in [-0.39, 0.29) is 17.3 Å². The van der Waals surface area contributed by atoms with E-state index in [4.69, 9.17) is 15.1 Å². The first-order valence-electron chi connectivity index (χ1n) is 10.4. The zero-order chi connectivity index (χ0) is 22.8. The van der Waals surface area contributed by atoms with Gasteiger partial charge in [-0.05, 0) is 47.8 Å². The van der Waals surface area contributed by atoms with Crippen molar-refractivity contribution in [3.8, 4) is 22.8 Å². The van der Waals surface area contributed by atoms with Crippen LogP contribution >= 0.6 is 0 Å². The Morgan fingerprint density at radius 1 is 1.21 bits per heavy atom. The van der Waals surface area contributed by atoms with Crippen LogP contribution in [0.4, 0.5) is 5.82 Å². The van der Waals surface area contributed by atoms with Gasteiger partial charge in [0.2, 0.25) is 11.6 Å². The number of hydrogen-bond donors (Lipinski definition) is 2.